The van der Waals surface area contributed by atoms with Crippen molar-refractivity contribution in [3.63, 3.8) is 0 Å². The molecule has 3 rings (SSSR count). The molecular weight excluding hydrogens is 365 g/mol. The first kappa shape index (κ1) is 19.6. The van der Waals surface area contributed by atoms with Crippen molar-refractivity contribution in [2.45, 2.75) is 32.5 Å². The fourth-order valence-electron chi connectivity index (χ4n) is 2.89. The summed E-state index contributed by atoms with van der Waals surface area (Å²) in [6.45, 7) is 4.32. The van der Waals surface area contributed by atoms with Crippen LogP contribution in [0.25, 0.3) is 0 Å². The van der Waals surface area contributed by atoms with Gasteiger partial charge in [-0.2, -0.15) is 0 Å². The van der Waals surface area contributed by atoms with Crippen LogP contribution < -0.4 is 14.8 Å². The highest BCUT2D eigenvalue weighted by molar-refractivity contribution is 7.80. The molecule has 4 nitrogen and oxygen atoms in total. The highest BCUT2D eigenvalue weighted by atomic mass is 32.1. The van der Waals surface area contributed by atoms with Gasteiger partial charge in [0.15, 0.2) is 11.5 Å². The quantitative estimate of drug-likeness (QED) is 0.684. The predicted molar refractivity (Wildman–Crippen MR) is 107 cm³/mol. The molecule has 1 N–H and O–H groups in total. The lowest BCUT2D eigenvalue weighted by Gasteiger charge is -2.16. The Balaban J connectivity index is 1.63. The van der Waals surface area contributed by atoms with Gasteiger partial charge in [0, 0.05) is 18.7 Å². The number of benzene rings is 2. The summed E-state index contributed by atoms with van der Waals surface area (Å²) >= 11 is 5.50. The third-order valence-electron chi connectivity index (χ3n) is 4.33. The van der Waals surface area contributed by atoms with Gasteiger partial charge in [0.05, 0.1) is 12.7 Å². The van der Waals surface area contributed by atoms with E-state index in [1.165, 1.54) is 12.1 Å². The Morgan fingerprint density at radius 1 is 1.19 bits per heavy atom. The second-order valence-corrected chi connectivity index (χ2v) is 6.76. The monoisotopic (exact) mass is 389 g/mol. The summed E-state index contributed by atoms with van der Waals surface area (Å²) in [5.41, 5.74) is 1.76. The molecule has 0 radical (unpaired) electrons. The summed E-state index contributed by atoms with van der Waals surface area (Å²) in [6, 6.07) is 11.9. The van der Waals surface area contributed by atoms with Gasteiger partial charge < -0.3 is 19.5 Å². The molecule has 1 aliphatic heterocycles. The van der Waals surface area contributed by atoms with E-state index in [0.717, 1.165) is 30.6 Å². The van der Waals surface area contributed by atoms with Crippen LogP contribution in [0.3, 0.4) is 0 Å². The van der Waals surface area contributed by atoms with Crippen molar-refractivity contribution < 1.29 is 18.6 Å². The van der Waals surface area contributed by atoms with Crippen LogP contribution in [0.2, 0.25) is 0 Å². The molecule has 0 saturated carbocycles. The Bertz CT molecular complexity index is 761. The van der Waals surface area contributed by atoms with Gasteiger partial charge in [0.25, 0.3) is 0 Å². The lowest BCUT2D eigenvalue weighted by atomic mass is 10.2. The van der Waals surface area contributed by atoms with Crippen LogP contribution in [0.5, 0.6) is 11.5 Å². The SMILES string of the molecule is CCOc1cc(C(=S)NC[C@H]2CCCO2)ccc1OCc1ccc(F)cc1. The zero-order chi connectivity index (χ0) is 19.1. The van der Waals surface area contributed by atoms with E-state index in [1.54, 1.807) is 12.1 Å². The third kappa shape index (κ3) is 5.65. The number of hydrogen-bond donors (Lipinski definition) is 1. The molecule has 0 aliphatic carbocycles. The zero-order valence-corrected chi connectivity index (χ0v) is 16.2. The van der Waals surface area contributed by atoms with Crippen molar-refractivity contribution in [1.82, 2.24) is 5.32 Å². The van der Waals surface area contributed by atoms with Crippen LogP contribution in [0.4, 0.5) is 4.39 Å². The average Bonchev–Trinajstić information content (AvgIpc) is 3.20. The van der Waals surface area contributed by atoms with Gasteiger partial charge in [-0.15, -0.1) is 0 Å². The van der Waals surface area contributed by atoms with E-state index in [4.69, 9.17) is 26.4 Å². The first-order valence-corrected chi connectivity index (χ1v) is 9.60. The van der Waals surface area contributed by atoms with Gasteiger partial charge in [0.1, 0.15) is 17.4 Å². The summed E-state index contributed by atoms with van der Waals surface area (Å²) < 4.78 is 30.2. The summed E-state index contributed by atoms with van der Waals surface area (Å²) in [5.74, 6) is 1.01. The molecule has 1 saturated heterocycles. The molecule has 27 heavy (non-hydrogen) atoms. The normalized spacial score (nSPS) is 16.1. The van der Waals surface area contributed by atoms with E-state index in [9.17, 15) is 4.39 Å². The van der Waals surface area contributed by atoms with Crippen LogP contribution in [0.15, 0.2) is 42.5 Å². The second-order valence-electron chi connectivity index (χ2n) is 6.35. The average molecular weight is 389 g/mol. The molecule has 6 heteroatoms. The van der Waals surface area contributed by atoms with E-state index in [0.29, 0.717) is 36.2 Å². The fraction of sp³-hybridized carbons (Fsp3) is 0.381. The van der Waals surface area contributed by atoms with Crippen molar-refractivity contribution in [1.29, 1.82) is 0 Å². The van der Waals surface area contributed by atoms with Crippen LogP contribution in [0, 0.1) is 5.82 Å². The van der Waals surface area contributed by atoms with E-state index in [2.05, 4.69) is 5.32 Å². The molecule has 0 aromatic heterocycles. The summed E-state index contributed by atoms with van der Waals surface area (Å²) in [5, 5.41) is 3.27. The number of nitrogens with one attached hydrogen (secondary N) is 1. The highest BCUT2D eigenvalue weighted by Gasteiger charge is 2.16. The number of thiocarbonyl (C=S) groups is 1. The number of rotatable bonds is 8. The molecular formula is C21H24FNO3S. The topological polar surface area (TPSA) is 39.7 Å². The first-order valence-electron chi connectivity index (χ1n) is 9.19. The molecule has 2 aromatic carbocycles. The number of ether oxygens (including phenoxy) is 3. The van der Waals surface area contributed by atoms with E-state index in [-0.39, 0.29) is 11.9 Å². The molecule has 144 valence electrons. The number of halogens is 1. The Morgan fingerprint density at radius 3 is 2.70 bits per heavy atom. The van der Waals surface area contributed by atoms with Crippen molar-refractivity contribution in [3.05, 3.63) is 59.4 Å². The Labute approximate surface area is 164 Å². The van der Waals surface area contributed by atoms with Gasteiger partial charge >= 0.3 is 0 Å². The van der Waals surface area contributed by atoms with Gasteiger partial charge in [-0.3, -0.25) is 0 Å². The molecule has 2 aromatic rings. The minimum atomic E-state index is -0.262. The van der Waals surface area contributed by atoms with E-state index in [1.807, 2.05) is 25.1 Å². The minimum absolute atomic E-state index is 0.229. The van der Waals surface area contributed by atoms with Gasteiger partial charge in [0.2, 0.25) is 0 Å². The number of hydrogen-bond acceptors (Lipinski definition) is 4. The van der Waals surface area contributed by atoms with Crippen molar-refractivity contribution >= 4 is 17.2 Å². The Hall–Kier alpha value is -2.18. The standard InChI is InChI=1S/C21H24FNO3S/c1-2-24-20-12-16(21(27)23-13-18-4-3-11-25-18)7-10-19(20)26-14-15-5-8-17(22)9-6-15/h5-10,12,18H,2-4,11,13-14H2,1H3,(H,23,27)/t18-/m1/s1. The maximum atomic E-state index is 13.0. The van der Waals surface area contributed by atoms with Crippen LogP contribution in [-0.2, 0) is 11.3 Å². The maximum absolute atomic E-state index is 13.0. The highest BCUT2D eigenvalue weighted by Crippen LogP contribution is 2.29. The molecule has 1 aliphatic rings. The molecule has 1 fully saturated rings. The maximum Gasteiger partial charge on any atom is 0.161 e. The Kier molecular flexibility index (Phi) is 7.01. The van der Waals surface area contributed by atoms with Gasteiger partial charge in [-0.25, -0.2) is 4.39 Å². The fourth-order valence-corrected chi connectivity index (χ4v) is 3.10. The minimum Gasteiger partial charge on any atom is -0.490 e. The Morgan fingerprint density at radius 2 is 2.00 bits per heavy atom. The molecule has 1 heterocycles. The van der Waals surface area contributed by atoms with Gasteiger partial charge in [-0.05, 0) is 55.7 Å². The smallest absolute Gasteiger partial charge is 0.161 e. The molecule has 1 atom stereocenters. The van der Waals surface area contributed by atoms with Gasteiger partial charge in [-0.1, -0.05) is 24.4 Å². The lowest BCUT2D eigenvalue weighted by Crippen LogP contribution is -2.31. The second kappa shape index (κ2) is 9.67. The van der Waals surface area contributed by atoms with Crippen molar-refractivity contribution in [3.8, 4) is 11.5 Å². The first-order chi connectivity index (χ1) is 13.2. The predicted octanol–water partition coefficient (Wildman–Crippen LogP) is 4.25. The molecule has 0 spiro atoms. The van der Waals surface area contributed by atoms with E-state index < -0.39 is 0 Å². The zero-order valence-electron chi connectivity index (χ0n) is 15.4. The lowest BCUT2D eigenvalue weighted by molar-refractivity contribution is 0.114. The summed E-state index contributed by atoms with van der Waals surface area (Å²) in [4.78, 5) is 0.663. The van der Waals surface area contributed by atoms with Crippen LogP contribution in [-0.4, -0.2) is 30.9 Å². The third-order valence-corrected chi connectivity index (χ3v) is 4.71. The van der Waals surface area contributed by atoms with Crippen molar-refractivity contribution in [2.75, 3.05) is 19.8 Å². The molecule has 0 bridgehead atoms. The van der Waals surface area contributed by atoms with E-state index >= 15 is 0 Å². The summed E-state index contributed by atoms with van der Waals surface area (Å²) in [6.07, 6.45) is 2.40. The molecule has 0 amide bonds. The molecule has 0 unspecified atom stereocenters. The summed E-state index contributed by atoms with van der Waals surface area (Å²) in [7, 11) is 0. The van der Waals surface area contributed by atoms with Crippen molar-refractivity contribution in [2.24, 2.45) is 0 Å². The van der Waals surface area contributed by atoms with Crippen LogP contribution >= 0.6 is 12.2 Å². The van der Waals surface area contributed by atoms with Crippen LogP contribution in [0.1, 0.15) is 30.9 Å². The largest absolute Gasteiger partial charge is 0.490 e.